The van der Waals surface area contributed by atoms with Gasteiger partial charge in [-0.15, -0.1) is 54.1 Å². The monoisotopic (exact) mass is 975 g/mol. The summed E-state index contributed by atoms with van der Waals surface area (Å²) in [5.41, 5.74) is 15.4. The van der Waals surface area contributed by atoms with E-state index in [9.17, 15) is 0 Å². The Morgan fingerprint density at radius 3 is 1.82 bits per heavy atom. The summed E-state index contributed by atoms with van der Waals surface area (Å²) in [6, 6.07) is 59.6. The summed E-state index contributed by atoms with van der Waals surface area (Å²) in [7, 11) is -1.23. The molecule has 0 fully saturated rings. The zero-order chi connectivity index (χ0) is 41.1. The number of hydrogen-bond donors (Lipinski definition) is 0. The van der Waals surface area contributed by atoms with Crippen molar-refractivity contribution < 1.29 is 24.5 Å². The van der Waals surface area contributed by atoms with Gasteiger partial charge in [-0.05, 0) is 73.4 Å². The van der Waals surface area contributed by atoms with Gasteiger partial charge in [-0.3, -0.25) is 0 Å². The number of fused-ring (bicyclic) bond motifs is 3. The Morgan fingerprint density at radius 1 is 0.533 bits per heavy atom. The predicted octanol–water partition coefficient (Wildman–Crippen LogP) is 14.8. The van der Waals surface area contributed by atoms with Gasteiger partial charge in [0.05, 0.1) is 13.7 Å². The van der Waals surface area contributed by atoms with Crippen molar-refractivity contribution in [1.82, 2.24) is 9.97 Å². The van der Waals surface area contributed by atoms with Gasteiger partial charge in [-0.25, -0.2) is 0 Å². The summed E-state index contributed by atoms with van der Waals surface area (Å²) in [6.45, 7) is 16.1. The molecule has 0 saturated heterocycles. The standard InChI is InChI=1S/C41H34NO.C14H16NSi.Ir/c1-26(2)36-23-31(28-13-7-5-8-14-28)24-37(27(3)4)39(36)30-21-22-42-38(25-30)35-20-12-19-34-33-18-11-17-32(40(33)43-41(34)35)29-15-9-6-10-16-29;1-16(2,3)13-9-10-14(15-11-13)12-7-5-4-6-8-12;/h5-19,21-27H,1-4H3;4-7,9-11H,1-3H3;/q2*-1;. The first-order valence-electron chi connectivity index (χ1n) is 20.6. The number of rotatable bonds is 8. The molecule has 0 aliphatic heterocycles. The largest absolute Gasteiger partial charge is 0.500 e. The van der Waals surface area contributed by atoms with E-state index >= 15 is 0 Å². The number of pyridine rings is 2. The Balaban J connectivity index is 0.000000270. The van der Waals surface area contributed by atoms with Crippen molar-refractivity contribution in [2.45, 2.75) is 59.2 Å². The van der Waals surface area contributed by atoms with Gasteiger partial charge in [0, 0.05) is 43.4 Å². The fraction of sp³-hybridized carbons (Fsp3) is 0.164. The first kappa shape index (κ1) is 42.4. The van der Waals surface area contributed by atoms with Gasteiger partial charge in [0.25, 0.3) is 0 Å². The number of furan rings is 1. The van der Waals surface area contributed by atoms with Crippen LogP contribution in [0.3, 0.4) is 0 Å². The van der Waals surface area contributed by atoms with E-state index in [0.717, 1.165) is 55.6 Å². The maximum Gasteiger partial charge on any atom is 0.128 e. The molecule has 0 aliphatic rings. The molecule has 1 radical (unpaired) electrons. The van der Waals surface area contributed by atoms with E-state index in [4.69, 9.17) is 9.40 Å². The number of nitrogens with zero attached hydrogens (tertiary/aromatic N) is 2. The van der Waals surface area contributed by atoms with Crippen LogP contribution in [-0.2, 0) is 20.1 Å². The average molecular weight is 975 g/mol. The minimum absolute atomic E-state index is 0. The second kappa shape index (κ2) is 18.3. The summed E-state index contributed by atoms with van der Waals surface area (Å²) in [5, 5.41) is 3.57. The quantitative estimate of drug-likeness (QED) is 0.112. The van der Waals surface area contributed by atoms with Crippen molar-refractivity contribution in [2.75, 3.05) is 0 Å². The SMILES string of the molecule is CC(C)c1cc(-c2ccccc2)cc(C(C)C)c1-c1ccnc(-c2[c-]ccc3c2oc2c(-c4ccccc4)cccc23)c1.C[Si](C)(C)c1ccc(-c2[c-]cccc2)nc1.[Ir]. The van der Waals surface area contributed by atoms with E-state index in [-0.39, 0.29) is 20.1 Å². The Hall–Kier alpha value is -5.71. The molecule has 9 aromatic rings. The Kier molecular flexibility index (Phi) is 12.9. The zero-order valence-corrected chi connectivity index (χ0v) is 38.8. The van der Waals surface area contributed by atoms with Gasteiger partial charge in [-0.2, -0.15) is 0 Å². The molecule has 6 aromatic carbocycles. The van der Waals surface area contributed by atoms with Gasteiger partial charge < -0.3 is 14.4 Å². The molecule has 301 valence electrons. The smallest absolute Gasteiger partial charge is 0.128 e. The Morgan fingerprint density at radius 2 is 1.20 bits per heavy atom. The van der Waals surface area contributed by atoms with E-state index in [0.29, 0.717) is 11.8 Å². The van der Waals surface area contributed by atoms with Gasteiger partial charge in [-0.1, -0.05) is 167 Å². The maximum absolute atomic E-state index is 6.69. The average Bonchev–Trinajstić information content (AvgIpc) is 3.66. The molecule has 5 heteroatoms. The first-order chi connectivity index (χ1) is 28.6. The van der Waals surface area contributed by atoms with E-state index < -0.39 is 8.07 Å². The van der Waals surface area contributed by atoms with Crippen molar-refractivity contribution in [3.63, 3.8) is 0 Å². The fourth-order valence-electron chi connectivity index (χ4n) is 7.80. The van der Waals surface area contributed by atoms with E-state index in [1.165, 1.54) is 38.6 Å². The summed E-state index contributed by atoms with van der Waals surface area (Å²) in [6.07, 6.45) is 3.94. The molecule has 0 bridgehead atoms. The molecule has 0 spiro atoms. The van der Waals surface area contributed by atoms with Crippen molar-refractivity contribution in [1.29, 1.82) is 0 Å². The molecule has 3 heterocycles. The van der Waals surface area contributed by atoms with Gasteiger partial charge in [0.1, 0.15) is 5.58 Å². The van der Waals surface area contributed by atoms with Crippen LogP contribution in [0.25, 0.3) is 77.8 Å². The molecule has 0 atom stereocenters. The normalized spacial score (nSPS) is 11.4. The minimum atomic E-state index is -1.23. The molecule has 9 rings (SSSR count). The maximum atomic E-state index is 6.69. The Labute approximate surface area is 370 Å². The molecular weight excluding hydrogens is 925 g/mol. The van der Waals surface area contributed by atoms with Crippen LogP contribution in [0, 0.1) is 12.1 Å². The van der Waals surface area contributed by atoms with Crippen molar-refractivity contribution in [3.05, 3.63) is 187 Å². The second-order valence-corrected chi connectivity index (χ2v) is 21.9. The molecule has 3 nitrogen and oxygen atoms in total. The van der Waals surface area contributed by atoms with Crippen LogP contribution in [0.15, 0.2) is 168 Å². The minimum Gasteiger partial charge on any atom is -0.500 e. The van der Waals surface area contributed by atoms with Crippen LogP contribution in [0.1, 0.15) is 50.7 Å². The molecule has 0 aliphatic carbocycles. The van der Waals surface area contributed by atoms with Gasteiger partial charge >= 0.3 is 0 Å². The van der Waals surface area contributed by atoms with Crippen LogP contribution in [0.2, 0.25) is 19.6 Å². The number of hydrogen-bond acceptors (Lipinski definition) is 3. The topological polar surface area (TPSA) is 38.9 Å². The third kappa shape index (κ3) is 8.90. The molecule has 60 heavy (non-hydrogen) atoms. The fourth-order valence-corrected chi connectivity index (χ4v) is 8.84. The van der Waals surface area contributed by atoms with Crippen molar-refractivity contribution in [3.8, 4) is 55.9 Å². The number of aromatic nitrogens is 2. The third-order valence-corrected chi connectivity index (χ3v) is 13.0. The molecule has 0 amide bonds. The molecule has 0 saturated carbocycles. The van der Waals surface area contributed by atoms with E-state index in [1.807, 2.05) is 48.8 Å². The molecular formula is C55H50IrN2OSi-2. The van der Waals surface area contributed by atoms with Gasteiger partial charge in [0.15, 0.2) is 0 Å². The second-order valence-electron chi connectivity index (χ2n) is 16.8. The summed E-state index contributed by atoms with van der Waals surface area (Å²) < 4.78 is 6.69. The molecule has 3 aromatic heterocycles. The molecule has 0 N–H and O–H groups in total. The van der Waals surface area contributed by atoms with Crippen LogP contribution in [-0.4, -0.2) is 18.0 Å². The molecule has 0 unspecified atom stereocenters. The van der Waals surface area contributed by atoms with Crippen molar-refractivity contribution >= 4 is 35.2 Å². The Bertz CT molecular complexity index is 2810. The van der Waals surface area contributed by atoms with E-state index in [2.05, 4.69) is 180 Å². The number of benzene rings is 6. The van der Waals surface area contributed by atoms with Crippen LogP contribution in [0.5, 0.6) is 0 Å². The summed E-state index contributed by atoms with van der Waals surface area (Å²) in [4.78, 5) is 9.38. The zero-order valence-electron chi connectivity index (χ0n) is 35.4. The predicted molar refractivity (Wildman–Crippen MR) is 252 cm³/mol. The summed E-state index contributed by atoms with van der Waals surface area (Å²) in [5.74, 6) is 0.712. The van der Waals surface area contributed by atoms with Crippen molar-refractivity contribution in [2.24, 2.45) is 0 Å². The third-order valence-electron chi connectivity index (χ3n) is 11.0. The van der Waals surface area contributed by atoms with Crippen LogP contribution in [0.4, 0.5) is 0 Å². The van der Waals surface area contributed by atoms with Crippen LogP contribution >= 0.6 is 0 Å². The number of para-hydroxylation sites is 1. The van der Waals surface area contributed by atoms with E-state index in [1.54, 1.807) is 0 Å². The van der Waals surface area contributed by atoms with Gasteiger partial charge in [0.2, 0.25) is 0 Å². The summed E-state index contributed by atoms with van der Waals surface area (Å²) >= 11 is 0. The van der Waals surface area contributed by atoms with Crippen LogP contribution < -0.4 is 5.19 Å². The first-order valence-corrected chi connectivity index (χ1v) is 24.1.